The van der Waals surface area contributed by atoms with Gasteiger partial charge < -0.3 is 19.4 Å². The van der Waals surface area contributed by atoms with E-state index >= 15 is 0 Å². The average molecular weight is 328 g/mol. The Labute approximate surface area is 139 Å². The Kier molecular flexibility index (Phi) is 3.98. The summed E-state index contributed by atoms with van der Waals surface area (Å²) in [5.74, 6) is 1.09. The van der Waals surface area contributed by atoms with Crippen molar-refractivity contribution in [3.8, 4) is 5.75 Å². The lowest BCUT2D eigenvalue weighted by Gasteiger charge is -2.36. The Morgan fingerprint density at radius 2 is 2.12 bits per heavy atom. The Morgan fingerprint density at radius 3 is 3.04 bits per heavy atom. The summed E-state index contributed by atoms with van der Waals surface area (Å²) in [4.78, 5) is 25.8. The molecule has 1 N–H and O–H groups in total. The van der Waals surface area contributed by atoms with Gasteiger partial charge in [-0.1, -0.05) is 0 Å². The SMILES string of the molecule is O=C(COc1ccc2ccc(=O)oc2c1)N1C[C@@H]2CC[C@H]1CNC2. The number of hydrogen-bond acceptors (Lipinski definition) is 5. The number of nitrogens with zero attached hydrogens (tertiary/aromatic N) is 1. The molecular weight excluding hydrogens is 308 g/mol. The van der Waals surface area contributed by atoms with E-state index in [1.54, 1.807) is 18.2 Å². The first-order chi connectivity index (χ1) is 11.7. The van der Waals surface area contributed by atoms with E-state index in [2.05, 4.69) is 5.32 Å². The van der Waals surface area contributed by atoms with Crippen LogP contribution in [-0.2, 0) is 4.79 Å². The number of benzene rings is 1. The van der Waals surface area contributed by atoms with Crippen LogP contribution in [0.5, 0.6) is 5.75 Å². The van der Waals surface area contributed by atoms with E-state index in [0.717, 1.165) is 31.4 Å². The van der Waals surface area contributed by atoms with Crippen LogP contribution in [-0.4, -0.2) is 43.1 Å². The number of rotatable bonds is 3. The molecule has 3 aliphatic rings. The van der Waals surface area contributed by atoms with Crippen molar-refractivity contribution in [2.45, 2.75) is 18.9 Å². The van der Waals surface area contributed by atoms with Gasteiger partial charge in [0, 0.05) is 36.7 Å². The fourth-order valence-corrected chi connectivity index (χ4v) is 3.60. The molecule has 0 spiro atoms. The van der Waals surface area contributed by atoms with Gasteiger partial charge in [0.1, 0.15) is 11.3 Å². The highest BCUT2D eigenvalue weighted by molar-refractivity contribution is 5.79. The van der Waals surface area contributed by atoms with E-state index in [9.17, 15) is 9.59 Å². The van der Waals surface area contributed by atoms with Gasteiger partial charge in [0.2, 0.25) is 0 Å². The summed E-state index contributed by atoms with van der Waals surface area (Å²) in [6.45, 7) is 2.67. The molecule has 2 bridgehead atoms. The monoisotopic (exact) mass is 328 g/mol. The van der Waals surface area contributed by atoms with Crippen molar-refractivity contribution in [2.75, 3.05) is 26.2 Å². The summed E-state index contributed by atoms with van der Waals surface area (Å²) >= 11 is 0. The maximum Gasteiger partial charge on any atom is 0.336 e. The summed E-state index contributed by atoms with van der Waals surface area (Å²) in [5.41, 5.74) is 0.0642. The summed E-state index contributed by atoms with van der Waals surface area (Å²) in [6, 6.07) is 8.61. The van der Waals surface area contributed by atoms with E-state index in [-0.39, 0.29) is 18.6 Å². The molecule has 3 saturated heterocycles. The third-order valence-corrected chi connectivity index (χ3v) is 4.89. The molecule has 3 fully saturated rings. The molecule has 1 aromatic heterocycles. The molecule has 24 heavy (non-hydrogen) atoms. The molecule has 6 heteroatoms. The highest BCUT2D eigenvalue weighted by Gasteiger charge is 2.34. The lowest BCUT2D eigenvalue weighted by Crippen LogP contribution is -2.48. The maximum absolute atomic E-state index is 12.5. The van der Waals surface area contributed by atoms with Crippen LogP contribution in [0.3, 0.4) is 0 Å². The standard InChI is InChI=1S/C18H20N2O4/c21-17(20-10-12-1-4-14(20)9-19-8-12)11-23-15-5-2-13-3-6-18(22)24-16(13)7-15/h2-3,5-7,12,14,19H,1,4,8-11H2/t12-,14+/m1/s1. The van der Waals surface area contributed by atoms with Gasteiger partial charge in [-0.2, -0.15) is 0 Å². The van der Waals surface area contributed by atoms with Crippen LogP contribution in [0.2, 0.25) is 0 Å². The molecule has 5 rings (SSSR count). The maximum atomic E-state index is 12.5. The van der Waals surface area contributed by atoms with E-state index in [4.69, 9.17) is 9.15 Å². The van der Waals surface area contributed by atoms with Crippen molar-refractivity contribution in [1.29, 1.82) is 0 Å². The number of carbonyl (C=O) groups excluding carboxylic acids is 1. The van der Waals surface area contributed by atoms with Gasteiger partial charge in [-0.15, -0.1) is 0 Å². The molecule has 1 amide bonds. The van der Waals surface area contributed by atoms with Gasteiger partial charge in [-0.3, -0.25) is 4.79 Å². The number of nitrogens with one attached hydrogen (secondary N) is 1. The zero-order valence-corrected chi connectivity index (χ0v) is 13.4. The molecule has 0 unspecified atom stereocenters. The Morgan fingerprint density at radius 1 is 1.25 bits per heavy atom. The van der Waals surface area contributed by atoms with Gasteiger partial charge in [-0.25, -0.2) is 4.79 Å². The lowest BCUT2D eigenvalue weighted by atomic mass is 9.95. The van der Waals surface area contributed by atoms with Crippen LogP contribution in [0, 0.1) is 5.92 Å². The van der Waals surface area contributed by atoms with E-state index < -0.39 is 5.63 Å². The summed E-state index contributed by atoms with van der Waals surface area (Å²) in [5, 5.41) is 4.24. The first kappa shape index (κ1) is 15.2. The molecule has 0 radical (unpaired) electrons. The molecule has 2 atom stereocenters. The number of amides is 1. The molecule has 4 heterocycles. The summed E-state index contributed by atoms with van der Waals surface area (Å²) in [7, 11) is 0. The number of fused-ring (bicyclic) bond motifs is 5. The second-order valence-corrected chi connectivity index (χ2v) is 6.54. The van der Waals surface area contributed by atoms with E-state index in [1.165, 1.54) is 12.5 Å². The smallest absolute Gasteiger partial charge is 0.336 e. The first-order valence-corrected chi connectivity index (χ1v) is 8.36. The predicted molar refractivity (Wildman–Crippen MR) is 89.1 cm³/mol. The van der Waals surface area contributed by atoms with Crippen molar-refractivity contribution in [1.82, 2.24) is 10.2 Å². The zero-order valence-electron chi connectivity index (χ0n) is 13.4. The molecule has 2 aromatic rings. The third-order valence-electron chi connectivity index (χ3n) is 4.89. The third kappa shape index (κ3) is 3.01. The topological polar surface area (TPSA) is 71.8 Å². The van der Waals surface area contributed by atoms with Crippen molar-refractivity contribution in [3.05, 3.63) is 40.8 Å². The van der Waals surface area contributed by atoms with E-state index in [0.29, 0.717) is 17.3 Å². The Bertz CT molecular complexity index is 812. The van der Waals surface area contributed by atoms with Crippen molar-refractivity contribution in [3.63, 3.8) is 0 Å². The first-order valence-electron chi connectivity index (χ1n) is 8.36. The van der Waals surface area contributed by atoms with Crippen molar-refractivity contribution >= 4 is 16.9 Å². The van der Waals surface area contributed by atoms with Crippen molar-refractivity contribution < 1.29 is 13.9 Å². The second kappa shape index (κ2) is 6.28. The van der Waals surface area contributed by atoms with Gasteiger partial charge in [0.05, 0.1) is 0 Å². The second-order valence-electron chi connectivity index (χ2n) is 6.54. The normalized spacial score (nSPS) is 23.2. The zero-order chi connectivity index (χ0) is 16.5. The highest BCUT2D eigenvalue weighted by atomic mass is 16.5. The van der Waals surface area contributed by atoms with Crippen LogP contribution in [0.25, 0.3) is 11.0 Å². The average Bonchev–Trinajstić information content (AvgIpc) is 2.95. The highest BCUT2D eigenvalue weighted by Crippen LogP contribution is 2.25. The number of carbonyl (C=O) groups is 1. The molecule has 3 aliphatic heterocycles. The van der Waals surface area contributed by atoms with Gasteiger partial charge in [-0.05, 0) is 43.5 Å². The van der Waals surface area contributed by atoms with Crippen LogP contribution in [0.15, 0.2) is 39.5 Å². The molecular formula is C18H20N2O4. The predicted octanol–water partition coefficient (Wildman–Crippen LogP) is 1.38. The lowest BCUT2D eigenvalue weighted by molar-refractivity contribution is -0.137. The van der Waals surface area contributed by atoms with Crippen LogP contribution >= 0.6 is 0 Å². The molecule has 0 saturated carbocycles. The minimum absolute atomic E-state index is 0.00575. The number of hydrogen-bond donors (Lipinski definition) is 1. The number of ether oxygens (including phenoxy) is 1. The van der Waals surface area contributed by atoms with Crippen LogP contribution < -0.4 is 15.7 Å². The fourth-order valence-electron chi connectivity index (χ4n) is 3.60. The largest absolute Gasteiger partial charge is 0.484 e. The van der Waals surface area contributed by atoms with Gasteiger partial charge >= 0.3 is 5.63 Å². The van der Waals surface area contributed by atoms with Gasteiger partial charge in [0.15, 0.2) is 6.61 Å². The fraction of sp³-hybridized carbons (Fsp3) is 0.444. The minimum Gasteiger partial charge on any atom is -0.484 e. The molecule has 6 nitrogen and oxygen atoms in total. The van der Waals surface area contributed by atoms with Gasteiger partial charge in [0.25, 0.3) is 5.91 Å². The van der Waals surface area contributed by atoms with Crippen molar-refractivity contribution in [2.24, 2.45) is 5.92 Å². The van der Waals surface area contributed by atoms with E-state index in [1.807, 2.05) is 11.0 Å². The molecule has 0 aliphatic carbocycles. The Balaban J connectivity index is 1.44. The van der Waals surface area contributed by atoms with Crippen LogP contribution in [0.1, 0.15) is 12.8 Å². The summed E-state index contributed by atoms with van der Waals surface area (Å²) in [6.07, 6.45) is 2.25. The number of piperidine rings is 1. The summed E-state index contributed by atoms with van der Waals surface area (Å²) < 4.78 is 10.8. The van der Waals surface area contributed by atoms with Crippen LogP contribution in [0.4, 0.5) is 0 Å². The Hall–Kier alpha value is -2.34. The molecule has 1 aromatic carbocycles. The minimum atomic E-state index is -0.399. The molecule has 126 valence electrons. The quantitative estimate of drug-likeness (QED) is 0.862.